The first-order chi connectivity index (χ1) is 16.1. The Hall–Kier alpha value is -3.22. The van der Waals surface area contributed by atoms with Crippen LogP contribution in [0.3, 0.4) is 0 Å². The molecule has 1 saturated heterocycles. The van der Waals surface area contributed by atoms with Crippen LogP contribution < -0.4 is 5.32 Å². The third kappa shape index (κ3) is 6.18. The van der Waals surface area contributed by atoms with Crippen LogP contribution in [0.5, 0.6) is 0 Å². The Morgan fingerprint density at radius 1 is 0.909 bits per heavy atom. The second-order valence-corrected chi connectivity index (χ2v) is 8.28. The van der Waals surface area contributed by atoms with Crippen molar-refractivity contribution in [3.63, 3.8) is 0 Å². The fraction of sp³-hybridized carbons (Fsp3) is 0.333. The zero-order valence-corrected chi connectivity index (χ0v) is 19.0. The fourth-order valence-corrected chi connectivity index (χ4v) is 4.08. The van der Waals surface area contributed by atoms with E-state index in [1.165, 1.54) is 0 Å². The smallest absolute Gasteiger partial charge is 0.220 e. The summed E-state index contributed by atoms with van der Waals surface area (Å²) in [6.07, 6.45) is 0.338. The number of hydrogen-bond acceptors (Lipinski definition) is 5. The number of aryl methyl sites for hydroxylation is 1. The summed E-state index contributed by atoms with van der Waals surface area (Å²) in [6.45, 7) is 5.26. The second-order valence-electron chi connectivity index (χ2n) is 8.28. The highest BCUT2D eigenvalue weighted by molar-refractivity contribution is 5.98. The first kappa shape index (κ1) is 23.0. The lowest BCUT2D eigenvalue weighted by Gasteiger charge is -2.33. The standard InChI is InChI=1S/C27H30N2O4/c1-20-7-13-26(33-20)24(29-15-17-32-18-16-29)19-28-27(31)14-12-25(30)23-10-8-22(9-11-23)21-5-3-2-4-6-21/h2-11,13,24H,12,14-19H2,1H3,(H,28,31). The van der Waals surface area contributed by atoms with Crippen molar-refractivity contribution in [1.82, 2.24) is 10.2 Å². The lowest BCUT2D eigenvalue weighted by atomic mass is 10.0. The molecule has 1 amide bonds. The summed E-state index contributed by atoms with van der Waals surface area (Å²) >= 11 is 0. The molecule has 1 aliphatic rings. The molecule has 0 radical (unpaired) electrons. The van der Waals surface area contributed by atoms with Crippen LogP contribution in [0.25, 0.3) is 11.1 Å². The molecule has 1 N–H and O–H groups in total. The summed E-state index contributed by atoms with van der Waals surface area (Å²) in [5.41, 5.74) is 2.80. The molecular weight excluding hydrogens is 416 g/mol. The first-order valence-electron chi connectivity index (χ1n) is 11.4. The van der Waals surface area contributed by atoms with Crippen LogP contribution in [0.4, 0.5) is 0 Å². The molecule has 0 bridgehead atoms. The van der Waals surface area contributed by atoms with E-state index in [1.54, 1.807) is 0 Å². The average Bonchev–Trinajstić information content (AvgIpc) is 3.29. The lowest BCUT2D eigenvalue weighted by molar-refractivity contribution is -0.121. The minimum atomic E-state index is -0.134. The molecule has 3 aromatic rings. The number of ether oxygens (including phenoxy) is 1. The van der Waals surface area contributed by atoms with E-state index in [2.05, 4.69) is 10.2 Å². The molecule has 172 valence electrons. The van der Waals surface area contributed by atoms with Crippen molar-refractivity contribution < 1.29 is 18.7 Å². The Bertz CT molecular complexity index is 1050. The molecule has 2 aromatic carbocycles. The van der Waals surface area contributed by atoms with Gasteiger partial charge < -0.3 is 14.5 Å². The maximum absolute atomic E-state index is 12.6. The number of morpholine rings is 1. The highest BCUT2D eigenvalue weighted by Crippen LogP contribution is 2.24. The maximum atomic E-state index is 12.6. The van der Waals surface area contributed by atoms with Gasteiger partial charge in [0.05, 0.1) is 19.3 Å². The zero-order valence-electron chi connectivity index (χ0n) is 19.0. The predicted molar refractivity (Wildman–Crippen MR) is 127 cm³/mol. The molecule has 1 aliphatic heterocycles. The number of furan rings is 1. The van der Waals surface area contributed by atoms with E-state index < -0.39 is 0 Å². The van der Waals surface area contributed by atoms with Crippen LogP contribution >= 0.6 is 0 Å². The van der Waals surface area contributed by atoms with Gasteiger partial charge in [0, 0.05) is 38.0 Å². The molecule has 0 saturated carbocycles. The van der Waals surface area contributed by atoms with Crippen molar-refractivity contribution in [2.24, 2.45) is 0 Å². The van der Waals surface area contributed by atoms with Crippen LogP contribution in [0.15, 0.2) is 71.1 Å². The number of Topliss-reactive ketones (excluding diaryl/α,β-unsaturated/α-hetero) is 1. The van der Waals surface area contributed by atoms with Gasteiger partial charge in [-0.15, -0.1) is 0 Å². The fourth-order valence-electron chi connectivity index (χ4n) is 4.08. The second kappa shape index (κ2) is 11.1. The van der Waals surface area contributed by atoms with E-state index in [1.807, 2.05) is 73.7 Å². The van der Waals surface area contributed by atoms with Crippen LogP contribution in [-0.4, -0.2) is 49.4 Å². The molecule has 6 nitrogen and oxygen atoms in total. The van der Waals surface area contributed by atoms with E-state index >= 15 is 0 Å². The molecule has 6 heteroatoms. The molecule has 0 aliphatic carbocycles. The first-order valence-corrected chi connectivity index (χ1v) is 11.4. The third-order valence-corrected chi connectivity index (χ3v) is 5.96. The van der Waals surface area contributed by atoms with E-state index in [4.69, 9.17) is 9.15 Å². The summed E-state index contributed by atoms with van der Waals surface area (Å²) < 4.78 is 11.3. The predicted octanol–water partition coefficient (Wildman–Crippen LogP) is 4.41. The molecule has 1 unspecified atom stereocenters. The number of nitrogens with zero attached hydrogens (tertiary/aromatic N) is 1. The molecule has 1 atom stereocenters. The SMILES string of the molecule is Cc1ccc(C(CNC(=O)CCC(=O)c2ccc(-c3ccccc3)cc2)N2CCOCC2)o1. The molecule has 0 spiro atoms. The topological polar surface area (TPSA) is 71.8 Å². The van der Waals surface area contributed by atoms with Gasteiger partial charge in [-0.25, -0.2) is 0 Å². The molecule has 1 fully saturated rings. The van der Waals surface area contributed by atoms with Crippen molar-refractivity contribution in [3.8, 4) is 11.1 Å². The Kier molecular flexibility index (Phi) is 7.70. The number of carbonyl (C=O) groups excluding carboxylic acids is 2. The van der Waals surface area contributed by atoms with Crippen molar-refractivity contribution in [2.75, 3.05) is 32.8 Å². The molecule has 1 aromatic heterocycles. The van der Waals surface area contributed by atoms with Crippen LogP contribution in [0, 0.1) is 6.92 Å². The monoisotopic (exact) mass is 446 g/mol. The zero-order chi connectivity index (χ0) is 23.0. The average molecular weight is 447 g/mol. The van der Waals surface area contributed by atoms with Crippen LogP contribution in [0.2, 0.25) is 0 Å². The van der Waals surface area contributed by atoms with Crippen molar-refractivity contribution >= 4 is 11.7 Å². The number of benzene rings is 2. The molecule has 4 rings (SSSR count). The van der Waals surface area contributed by atoms with Gasteiger partial charge in [0.25, 0.3) is 0 Å². The van der Waals surface area contributed by atoms with Crippen molar-refractivity contribution in [3.05, 3.63) is 83.8 Å². The van der Waals surface area contributed by atoms with Gasteiger partial charge in [0.15, 0.2) is 5.78 Å². The highest BCUT2D eigenvalue weighted by Gasteiger charge is 2.25. The van der Waals surface area contributed by atoms with Gasteiger partial charge >= 0.3 is 0 Å². The summed E-state index contributed by atoms with van der Waals surface area (Å²) in [5.74, 6) is 1.52. The van der Waals surface area contributed by atoms with E-state index in [-0.39, 0.29) is 30.6 Å². The minimum Gasteiger partial charge on any atom is -0.465 e. The van der Waals surface area contributed by atoms with E-state index in [0.717, 1.165) is 35.7 Å². The number of nitrogens with one attached hydrogen (secondary N) is 1. The Morgan fingerprint density at radius 3 is 2.27 bits per heavy atom. The highest BCUT2D eigenvalue weighted by atomic mass is 16.5. The van der Waals surface area contributed by atoms with Gasteiger partial charge in [-0.05, 0) is 30.2 Å². The summed E-state index contributed by atoms with van der Waals surface area (Å²) in [7, 11) is 0. The van der Waals surface area contributed by atoms with Gasteiger partial charge in [0.1, 0.15) is 11.5 Å². The quantitative estimate of drug-likeness (QED) is 0.493. The molecule has 33 heavy (non-hydrogen) atoms. The van der Waals surface area contributed by atoms with Gasteiger partial charge in [0.2, 0.25) is 5.91 Å². The third-order valence-electron chi connectivity index (χ3n) is 5.96. The maximum Gasteiger partial charge on any atom is 0.220 e. The van der Waals surface area contributed by atoms with E-state index in [9.17, 15) is 9.59 Å². The van der Waals surface area contributed by atoms with Crippen LogP contribution in [0.1, 0.15) is 40.8 Å². The number of hydrogen-bond donors (Lipinski definition) is 1. The normalized spacial score (nSPS) is 15.2. The van der Waals surface area contributed by atoms with E-state index in [0.29, 0.717) is 25.3 Å². The number of rotatable bonds is 9. The van der Waals surface area contributed by atoms with Gasteiger partial charge in [-0.1, -0.05) is 54.6 Å². The summed E-state index contributed by atoms with van der Waals surface area (Å²) in [6, 6.07) is 21.4. The Morgan fingerprint density at radius 2 is 1.61 bits per heavy atom. The largest absolute Gasteiger partial charge is 0.465 e. The van der Waals surface area contributed by atoms with Crippen LogP contribution in [-0.2, 0) is 9.53 Å². The van der Waals surface area contributed by atoms with Gasteiger partial charge in [-0.2, -0.15) is 0 Å². The number of amides is 1. The number of ketones is 1. The summed E-state index contributed by atoms with van der Waals surface area (Å²) in [4.78, 5) is 27.4. The number of carbonyl (C=O) groups is 2. The Labute approximate surface area is 194 Å². The Balaban J connectivity index is 1.29. The van der Waals surface area contributed by atoms with Crippen molar-refractivity contribution in [2.45, 2.75) is 25.8 Å². The molecular formula is C27H30N2O4. The molecule has 2 heterocycles. The minimum absolute atomic E-state index is 0.0313. The lowest BCUT2D eigenvalue weighted by Crippen LogP contribution is -2.43. The van der Waals surface area contributed by atoms with Crippen molar-refractivity contribution in [1.29, 1.82) is 0 Å². The van der Waals surface area contributed by atoms with Gasteiger partial charge in [-0.3, -0.25) is 14.5 Å². The summed E-state index contributed by atoms with van der Waals surface area (Å²) in [5, 5.41) is 2.99.